The van der Waals surface area contributed by atoms with Gasteiger partial charge in [0.1, 0.15) is 6.07 Å². The number of esters is 1. The fraction of sp³-hybridized carbons (Fsp3) is 0.150. The lowest BCUT2D eigenvalue weighted by atomic mass is 10.1. The average molecular weight is 405 g/mol. The van der Waals surface area contributed by atoms with Crippen molar-refractivity contribution in [2.75, 3.05) is 11.9 Å². The molecule has 0 unspecified atom stereocenters. The standard InChI is InChI=1S/C20H15N5O5/c1-11-12(2)23-18-8-13(3-5-17(18)22-11)20(27)30-10-19(26)24-16-6-4-15(25(28)29)7-14(16)9-21/h3-8H,10H2,1-2H3,(H,24,26). The zero-order valence-corrected chi connectivity index (χ0v) is 16.0. The predicted molar refractivity (Wildman–Crippen MR) is 106 cm³/mol. The highest BCUT2D eigenvalue weighted by Crippen LogP contribution is 2.21. The van der Waals surface area contributed by atoms with Gasteiger partial charge < -0.3 is 10.1 Å². The van der Waals surface area contributed by atoms with Gasteiger partial charge in [0.25, 0.3) is 11.6 Å². The van der Waals surface area contributed by atoms with Crippen LogP contribution in [0.15, 0.2) is 36.4 Å². The Hall–Kier alpha value is -4.39. The van der Waals surface area contributed by atoms with Gasteiger partial charge in [-0.25, -0.2) is 14.8 Å². The summed E-state index contributed by atoms with van der Waals surface area (Å²) in [5, 5.41) is 22.3. The SMILES string of the molecule is Cc1nc2ccc(C(=O)OCC(=O)Nc3ccc([N+](=O)[O-])cc3C#N)cc2nc1C. The van der Waals surface area contributed by atoms with Crippen LogP contribution >= 0.6 is 0 Å². The third-order valence-corrected chi connectivity index (χ3v) is 4.25. The van der Waals surface area contributed by atoms with Crippen LogP contribution < -0.4 is 5.32 Å². The van der Waals surface area contributed by atoms with Gasteiger partial charge in [-0.05, 0) is 38.1 Å². The van der Waals surface area contributed by atoms with Crippen molar-refractivity contribution >= 4 is 34.3 Å². The minimum atomic E-state index is -0.726. The van der Waals surface area contributed by atoms with E-state index in [4.69, 9.17) is 10.00 Å². The Labute approximate surface area is 170 Å². The molecule has 150 valence electrons. The predicted octanol–water partition coefficient (Wildman–Crippen LogP) is 2.82. The molecule has 0 bridgehead atoms. The summed E-state index contributed by atoms with van der Waals surface area (Å²) >= 11 is 0. The molecule has 3 rings (SSSR count). The number of nitriles is 1. The van der Waals surface area contributed by atoms with Crippen LogP contribution in [0, 0.1) is 35.3 Å². The molecule has 3 aromatic rings. The van der Waals surface area contributed by atoms with Crippen LogP contribution in [0.2, 0.25) is 0 Å². The molecule has 0 aliphatic heterocycles. The van der Waals surface area contributed by atoms with Crippen molar-refractivity contribution in [2.45, 2.75) is 13.8 Å². The smallest absolute Gasteiger partial charge is 0.338 e. The second-order valence-corrected chi connectivity index (χ2v) is 6.32. The van der Waals surface area contributed by atoms with E-state index in [0.717, 1.165) is 23.5 Å². The number of aromatic nitrogens is 2. The maximum atomic E-state index is 12.3. The molecule has 30 heavy (non-hydrogen) atoms. The first-order valence-electron chi connectivity index (χ1n) is 8.69. The second-order valence-electron chi connectivity index (χ2n) is 6.32. The normalized spacial score (nSPS) is 10.3. The highest BCUT2D eigenvalue weighted by molar-refractivity contribution is 5.97. The van der Waals surface area contributed by atoms with E-state index >= 15 is 0 Å². The van der Waals surface area contributed by atoms with Crippen molar-refractivity contribution < 1.29 is 19.2 Å². The van der Waals surface area contributed by atoms with Crippen LogP contribution in [-0.2, 0) is 9.53 Å². The van der Waals surface area contributed by atoms with Crippen LogP contribution in [-0.4, -0.2) is 33.4 Å². The van der Waals surface area contributed by atoms with Crippen molar-refractivity contribution in [3.8, 4) is 6.07 Å². The number of hydrogen-bond acceptors (Lipinski definition) is 8. The Morgan fingerprint density at radius 2 is 1.83 bits per heavy atom. The quantitative estimate of drug-likeness (QED) is 0.387. The number of fused-ring (bicyclic) bond motifs is 1. The van der Waals surface area contributed by atoms with Gasteiger partial charge in [0.2, 0.25) is 0 Å². The molecule has 0 radical (unpaired) electrons. The lowest BCUT2D eigenvalue weighted by Crippen LogP contribution is -2.21. The number of amides is 1. The number of anilines is 1. The van der Waals surface area contributed by atoms with Gasteiger partial charge in [0.15, 0.2) is 6.61 Å². The zero-order valence-electron chi connectivity index (χ0n) is 16.0. The monoisotopic (exact) mass is 405 g/mol. The third kappa shape index (κ3) is 4.36. The Morgan fingerprint density at radius 1 is 1.13 bits per heavy atom. The molecule has 1 N–H and O–H groups in total. The van der Waals surface area contributed by atoms with Crippen LogP contribution in [0.25, 0.3) is 11.0 Å². The van der Waals surface area contributed by atoms with Gasteiger partial charge >= 0.3 is 5.97 Å². The number of carbonyl (C=O) groups excluding carboxylic acids is 2. The van der Waals surface area contributed by atoms with Gasteiger partial charge in [-0.1, -0.05) is 0 Å². The summed E-state index contributed by atoms with van der Waals surface area (Å²) in [6.45, 7) is 3.05. The van der Waals surface area contributed by atoms with Crippen molar-refractivity contribution in [3.05, 3.63) is 69.0 Å². The summed E-state index contributed by atoms with van der Waals surface area (Å²) in [6.07, 6.45) is 0. The maximum Gasteiger partial charge on any atom is 0.338 e. The molecule has 0 atom stereocenters. The number of nitrogens with one attached hydrogen (secondary N) is 1. The topological polar surface area (TPSA) is 148 Å². The number of carbonyl (C=O) groups is 2. The summed E-state index contributed by atoms with van der Waals surface area (Å²) in [6, 6.07) is 9.90. The maximum absolute atomic E-state index is 12.3. The minimum absolute atomic E-state index is 0.0796. The number of nitro benzene ring substituents is 1. The number of rotatable bonds is 5. The Bertz CT molecular complexity index is 1230. The highest BCUT2D eigenvalue weighted by Gasteiger charge is 2.15. The lowest BCUT2D eigenvalue weighted by Gasteiger charge is -2.08. The summed E-state index contributed by atoms with van der Waals surface area (Å²) in [4.78, 5) is 43.2. The van der Waals surface area contributed by atoms with Crippen LogP contribution in [0.3, 0.4) is 0 Å². The number of nitrogens with zero attached hydrogens (tertiary/aromatic N) is 4. The van der Waals surface area contributed by atoms with E-state index in [2.05, 4.69) is 15.3 Å². The van der Waals surface area contributed by atoms with E-state index in [-0.39, 0.29) is 22.5 Å². The van der Waals surface area contributed by atoms with Crippen molar-refractivity contribution in [1.29, 1.82) is 5.26 Å². The number of hydrogen-bond donors (Lipinski definition) is 1. The number of aryl methyl sites for hydroxylation is 2. The van der Waals surface area contributed by atoms with Crippen molar-refractivity contribution in [3.63, 3.8) is 0 Å². The molecule has 0 aliphatic carbocycles. The number of ether oxygens (including phenoxy) is 1. The van der Waals surface area contributed by atoms with Gasteiger partial charge in [-0.15, -0.1) is 0 Å². The summed E-state index contributed by atoms with van der Waals surface area (Å²) in [5.41, 5.74) is 2.62. The Kier molecular flexibility index (Phi) is 5.64. The largest absolute Gasteiger partial charge is 0.452 e. The van der Waals surface area contributed by atoms with Crippen LogP contribution in [0.5, 0.6) is 0 Å². The van der Waals surface area contributed by atoms with E-state index < -0.39 is 23.4 Å². The van der Waals surface area contributed by atoms with Gasteiger partial charge in [-0.3, -0.25) is 14.9 Å². The number of non-ortho nitro benzene ring substituents is 1. The van der Waals surface area contributed by atoms with Gasteiger partial charge in [0, 0.05) is 12.1 Å². The second kappa shape index (κ2) is 8.32. The van der Waals surface area contributed by atoms with E-state index in [0.29, 0.717) is 11.0 Å². The Balaban J connectivity index is 1.67. The number of benzene rings is 2. The van der Waals surface area contributed by atoms with Gasteiger partial charge in [0.05, 0.1) is 44.2 Å². The molecule has 1 aromatic heterocycles. The fourth-order valence-corrected chi connectivity index (χ4v) is 2.61. The molecular formula is C20H15N5O5. The van der Waals surface area contributed by atoms with E-state index in [1.165, 1.54) is 18.2 Å². The first kappa shape index (κ1) is 20.3. The van der Waals surface area contributed by atoms with Crippen molar-refractivity contribution in [1.82, 2.24) is 9.97 Å². The third-order valence-electron chi connectivity index (χ3n) is 4.25. The lowest BCUT2D eigenvalue weighted by molar-refractivity contribution is -0.384. The molecule has 10 nitrogen and oxygen atoms in total. The highest BCUT2D eigenvalue weighted by atomic mass is 16.6. The van der Waals surface area contributed by atoms with E-state index in [1.54, 1.807) is 12.1 Å². The average Bonchev–Trinajstić information content (AvgIpc) is 2.72. The molecule has 1 heterocycles. The summed E-state index contributed by atoms with van der Waals surface area (Å²) in [5.74, 6) is -1.42. The Morgan fingerprint density at radius 3 is 2.50 bits per heavy atom. The molecule has 0 saturated carbocycles. The van der Waals surface area contributed by atoms with Crippen LogP contribution in [0.4, 0.5) is 11.4 Å². The summed E-state index contributed by atoms with van der Waals surface area (Å²) in [7, 11) is 0. The first-order chi connectivity index (χ1) is 14.3. The molecule has 10 heteroatoms. The zero-order chi connectivity index (χ0) is 21.8. The molecule has 0 aliphatic rings. The molecule has 0 saturated heterocycles. The van der Waals surface area contributed by atoms with Crippen LogP contribution in [0.1, 0.15) is 27.3 Å². The van der Waals surface area contributed by atoms with Crippen molar-refractivity contribution in [2.24, 2.45) is 0 Å². The minimum Gasteiger partial charge on any atom is -0.452 e. The number of nitro groups is 1. The van der Waals surface area contributed by atoms with Gasteiger partial charge in [-0.2, -0.15) is 5.26 Å². The summed E-state index contributed by atoms with van der Waals surface area (Å²) < 4.78 is 5.01. The molecule has 2 aromatic carbocycles. The molecule has 1 amide bonds. The fourth-order valence-electron chi connectivity index (χ4n) is 2.61. The van der Waals surface area contributed by atoms with E-state index in [1.807, 2.05) is 13.8 Å². The first-order valence-corrected chi connectivity index (χ1v) is 8.69. The van der Waals surface area contributed by atoms with E-state index in [9.17, 15) is 19.7 Å². The molecular weight excluding hydrogens is 390 g/mol. The molecule has 0 fully saturated rings. The molecule has 0 spiro atoms.